The normalized spacial score (nSPS) is 25.6. The molecule has 2 atom stereocenters. The zero-order chi connectivity index (χ0) is 20.9. The van der Waals surface area contributed by atoms with Crippen molar-refractivity contribution in [1.82, 2.24) is 19.8 Å². The third kappa shape index (κ3) is 5.82. The molecule has 1 unspecified atom stereocenters. The van der Waals surface area contributed by atoms with Gasteiger partial charge in [-0.3, -0.25) is 14.4 Å². The van der Waals surface area contributed by atoms with Crippen molar-refractivity contribution < 1.29 is 27.5 Å². The number of sulfonamides is 1. The first kappa shape index (κ1) is 22.9. The molecule has 2 aliphatic heterocycles. The Morgan fingerprint density at radius 2 is 2.14 bits per heavy atom. The molecule has 2 rings (SSSR count). The molecule has 2 aliphatic rings. The lowest BCUT2D eigenvalue weighted by molar-refractivity contribution is -0.130. The number of likely N-dealkylation sites (tertiary alicyclic amines) is 1. The smallest absolute Gasteiger partial charge is 0.243 e. The second-order valence-electron chi connectivity index (χ2n) is 7.25. The molecule has 12 heteroatoms. The van der Waals surface area contributed by atoms with Crippen LogP contribution < -0.4 is 10.6 Å². The molecule has 2 fully saturated rings. The lowest BCUT2D eigenvalue weighted by Gasteiger charge is -2.33. The minimum atomic E-state index is -3.66. The van der Waals surface area contributed by atoms with E-state index in [0.29, 0.717) is 37.5 Å². The van der Waals surface area contributed by atoms with Gasteiger partial charge in [0.05, 0.1) is 11.3 Å². The first-order valence-corrected chi connectivity index (χ1v) is 11.7. The molecule has 3 amide bonds. The Hall–Kier alpha value is -1.37. The highest BCUT2D eigenvalue weighted by Gasteiger charge is 2.43. The van der Waals surface area contributed by atoms with Crippen LogP contribution >= 0.6 is 11.8 Å². The van der Waals surface area contributed by atoms with Gasteiger partial charge in [-0.25, -0.2) is 12.7 Å². The van der Waals surface area contributed by atoms with Crippen LogP contribution in [0.25, 0.3) is 0 Å². The fourth-order valence-corrected chi connectivity index (χ4v) is 4.77. The molecular weight excluding hydrogens is 408 g/mol. The number of carbonyl (C=O) groups is 3. The number of nitrogens with zero attached hydrogens (tertiary/aromatic N) is 2. The number of amides is 3. The van der Waals surface area contributed by atoms with Crippen molar-refractivity contribution >= 4 is 39.5 Å². The summed E-state index contributed by atoms with van der Waals surface area (Å²) in [4.78, 5) is 38.2. The summed E-state index contributed by atoms with van der Waals surface area (Å²) < 4.78 is 30.2. The Morgan fingerprint density at radius 3 is 2.75 bits per heavy atom. The fraction of sp³-hybridized carbons (Fsp3) is 0.812. The third-order valence-electron chi connectivity index (χ3n) is 4.91. The van der Waals surface area contributed by atoms with Gasteiger partial charge >= 0.3 is 0 Å². The van der Waals surface area contributed by atoms with Crippen LogP contribution in [-0.2, 0) is 29.1 Å². The van der Waals surface area contributed by atoms with Crippen LogP contribution in [0.15, 0.2) is 0 Å². The Morgan fingerprint density at radius 1 is 1.43 bits per heavy atom. The molecule has 0 aromatic rings. The van der Waals surface area contributed by atoms with Crippen molar-refractivity contribution in [3.05, 3.63) is 0 Å². The van der Waals surface area contributed by atoms with Gasteiger partial charge in [-0.1, -0.05) is 0 Å². The predicted octanol–water partition coefficient (Wildman–Crippen LogP) is -1.77. The van der Waals surface area contributed by atoms with Crippen LogP contribution in [0.3, 0.4) is 0 Å². The van der Waals surface area contributed by atoms with Gasteiger partial charge in [-0.15, -0.1) is 11.8 Å². The Balaban J connectivity index is 2.06. The van der Waals surface area contributed by atoms with E-state index in [1.165, 1.54) is 30.8 Å². The zero-order valence-corrected chi connectivity index (χ0v) is 18.0. The molecule has 0 radical (unpaired) electrons. The SMILES string of the molecule is COCCC1(NC(=O)[C@@H]2CSCC(=O)N2)CCN(C(=O)CS(=O)(=O)N(C)C)C1. The van der Waals surface area contributed by atoms with E-state index in [4.69, 9.17) is 4.74 Å². The van der Waals surface area contributed by atoms with Gasteiger partial charge < -0.3 is 20.3 Å². The van der Waals surface area contributed by atoms with Crippen LogP contribution in [-0.4, -0.2) is 105 Å². The monoisotopic (exact) mass is 436 g/mol. The summed E-state index contributed by atoms with van der Waals surface area (Å²) in [5, 5.41) is 5.66. The number of rotatable bonds is 8. The van der Waals surface area contributed by atoms with Gasteiger partial charge in [-0.2, -0.15) is 0 Å². The quantitative estimate of drug-likeness (QED) is 0.461. The van der Waals surface area contributed by atoms with Gasteiger partial charge in [0.1, 0.15) is 11.8 Å². The Bertz CT molecular complexity index is 714. The second-order valence-corrected chi connectivity index (χ2v) is 10.5. The standard InChI is InChI=1S/C16H28N4O6S2/c1-19(2)28(24,25)10-14(22)20-6-4-16(11-20,5-7-26-3)18-15(23)12-8-27-9-13(21)17-12/h12H,4-11H2,1-3H3,(H,17,21)(H,18,23)/t12-,16?/m0/s1. The van der Waals surface area contributed by atoms with Crippen LogP contribution in [0.2, 0.25) is 0 Å². The average molecular weight is 437 g/mol. The zero-order valence-electron chi connectivity index (χ0n) is 16.4. The summed E-state index contributed by atoms with van der Waals surface area (Å²) in [6, 6.07) is -0.621. The minimum absolute atomic E-state index is 0.181. The molecule has 2 heterocycles. The van der Waals surface area contributed by atoms with Crippen molar-refractivity contribution in [2.24, 2.45) is 0 Å². The molecule has 0 aromatic heterocycles. The van der Waals surface area contributed by atoms with Crippen molar-refractivity contribution in [1.29, 1.82) is 0 Å². The number of methoxy groups -OCH3 is 1. The maximum Gasteiger partial charge on any atom is 0.243 e. The van der Waals surface area contributed by atoms with Crippen molar-refractivity contribution in [3.8, 4) is 0 Å². The minimum Gasteiger partial charge on any atom is -0.385 e. The first-order valence-electron chi connectivity index (χ1n) is 8.95. The van der Waals surface area contributed by atoms with Gasteiger partial charge in [0.15, 0.2) is 0 Å². The van der Waals surface area contributed by atoms with Gasteiger partial charge in [0, 0.05) is 46.7 Å². The molecule has 2 saturated heterocycles. The lowest BCUT2D eigenvalue weighted by Crippen LogP contribution is -2.59. The summed E-state index contributed by atoms with van der Waals surface area (Å²) in [5.74, 6) is -0.762. The maximum atomic E-state index is 12.7. The van der Waals surface area contributed by atoms with E-state index in [1.807, 2.05) is 0 Å². The summed E-state index contributed by atoms with van der Waals surface area (Å²) in [7, 11) is 0.657. The molecule has 10 nitrogen and oxygen atoms in total. The van der Waals surface area contributed by atoms with Crippen molar-refractivity contribution in [2.75, 3.05) is 58.2 Å². The number of nitrogens with one attached hydrogen (secondary N) is 2. The molecule has 0 saturated carbocycles. The highest BCUT2D eigenvalue weighted by Crippen LogP contribution is 2.26. The Labute approximate surface area is 169 Å². The molecule has 28 heavy (non-hydrogen) atoms. The van der Waals surface area contributed by atoms with Gasteiger partial charge in [-0.05, 0) is 12.8 Å². The molecule has 2 N–H and O–H groups in total. The van der Waals surface area contributed by atoms with E-state index >= 15 is 0 Å². The maximum absolute atomic E-state index is 12.7. The highest BCUT2D eigenvalue weighted by molar-refractivity contribution is 8.00. The third-order valence-corrected chi connectivity index (χ3v) is 7.67. The summed E-state index contributed by atoms with van der Waals surface area (Å²) in [6.45, 7) is 0.930. The van der Waals surface area contributed by atoms with E-state index in [-0.39, 0.29) is 18.4 Å². The fourth-order valence-electron chi connectivity index (χ4n) is 3.16. The van der Waals surface area contributed by atoms with E-state index in [0.717, 1.165) is 4.31 Å². The number of carbonyl (C=O) groups excluding carboxylic acids is 3. The van der Waals surface area contributed by atoms with E-state index in [2.05, 4.69) is 10.6 Å². The number of hydrogen-bond donors (Lipinski definition) is 2. The topological polar surface area (TPSA) is 125 Å². The Kier molecular flexibility index (Phi) is 7.71. The van der Waals surface area contributed by atoms with E-state index < -0.39 is 33.3 Å². The second kappa shape index (κ2) is 9.42. The molecule has 0 aliphatic carbocycles. The average Bonchev–Trinajstić information content (AvgIpc) is 3.04. The molecule has 0 spiro atoms. The van der Waals surface area contributed by atoms with Crippen LogP contribution in [0, 0.1) is 0 Å². The molecule has 0 bridgehead atoms. The van der Waals surface area contributed by atoms with Crippen molar-refractivity contribution in [3.63, 3.8) is 0 Å². The van der Waals surface area contributed by atoms with Crippen molar-refractivity contribution in [2.45, 2.75) is 24.4 Å². The molecule has 0 aromatic carbocycles. The number of thioether (sulfide) groups is 1. The highest BCUT2D eigenvalue weighted by atomic mass is 32.2. The van der Waals surface area contributed by atoms with Crippen LogP contribution in [0.1, 0.15) is 12.8 Å². The summed E-state index contributed by atoms with van der Waals surface area (Å²) >= 11 is 1.40. The molecule has 160 valence electrons. The summed E-state index contributed by atoms with van der Waals surface area (Å²) in [5.41, 5.74) is -0.711. The lowest BCUT2D eigenvalue weighted by atomic mass is 9.94. The first-order chi connectivity index (χ1) is 13.1. The molecular formula is C16H28N4O6S2. The van der Waals surface area contributed by atoms with Crippen LogP contribution in [0.5, 0.6) is 0 Å². The van der Waals surface area contributed by atoms with Gasteiger partial charge in [0.25, 0.3) is 0 Å². The number of ether oxygens (including phenoxy) is 1. The van der Waals surface area contributed by atoms with E-state index in [1.54, 1.807) is 7.11 Å². The van der Waals surface area contributed by atoms with Gasteiger partial charge in [0.2, 0.25) is 27.7 Å². The summed E-state index contributed by atoms with van der Waals surface area (Å²) in [6.07, 6.45) is 0.969. The van der Waals surface area contributed by atoms with Crippen LogP contribution in [0.4, 0.5) is 0 Å². The largest absolute Gasteiger partial charge is 0.385 e. The number of hydrogen-bond acceptors (Lipinski definition) is 7. The predicted molar refractivity (Wildman–Crippen MR) is 105 cm³/mol. The van der Waals surface area contributed by atoms with E-state index in [9.17, 15) is 22.8 Å².